The van der Waals surface area contributed by atoms with E-state index in [1.54, 1.807) is 0 Å². The average molecular weight is 340 g/mol. The van der Waals surface area contributed by atoms with Crippen LogP contribution < -0.4 is 22.1 Å². The van der Waals surface area contributed by atoms with Crippen molar-refractivity contribution in [2.24, 2.45) is 11.5 Å². The number of nitrogens with zero attached hydrogens (tertiary/aromatic N) is 2. The lowest BCUT2D eigenvalue weighted by Crippen LogP contribution is -2.33. The maximum absolute atomic E-state index is 11.7. The molecule has 0 aliphatic heterocycles. The van der Waals surface area contributed by atoms with Crippen molar-refractivity contribution in [1.82, 2.24) is 9.97 Å². The first-order valence-electron chi connectivity index (χ1n) is 8.54. The lowest BCUT2D eigenvalue weighted by Gasteiger charge is -2.26. The fourth-order valence-corrected chi connectivity index (χ4v) is 3.03. The minimum Gasteiger partial charge on any atom is -0.365 e. The number of carbonyl (C=O) groups excluding carboxylic acids is 1. The molecule has 2 aromatic rings. The Morgan fingerprint density at radius 3 is 2.68 bits per heavy atom. The van der Waals surface area contributed by atoms with Gasteiger partial charge in [-0.1, -0.05) is 12.1 Å². The summed E-state index contributed by atoms with van der Waals surface area (Å²) in [7, 11) is 0. The van der Waals surface area contributed by atoms with Gasteiger partial charge in [-0.15, -0.1) is 0 Å². The number of hydrogen-bond acceptors (Lipinski definition) is 6. The highest BCUT2D eigenvalue weighted by Crippen LogP contribution is 2.23. The Hall–Kier alpha value is -2.67. The number of aromatic nitrogens is 2. The molecule has 0 saturated heterocycles. The number of aryl methyl sites for hydroxylation is 1. The molecule has 0 unspecified atom stereocenters. The summed E-state index contributed by atoms with van der Waals surface area (Å²) >= 11 is 0. The SMILES string of the molecule is Cc1cccc(Nc2nc(N[C@H]3CC[C@H](N)CC3)ncc2C(N)=O)c1. The van der Waals surface area contributed by atoms with E-state index < -0.39 is 5.91 Å². The number of amides is 1. The summed E-state index contributed by atoms with van der Waals surface area (Å²) in [6, 6.07) is 8.41. The second-order valence-corrected chi connectivity index (χ2v) is 6.57. The monoisotopic (exact) mass is 340 g/mol. The number of carbonyl (C=O) groups is 1. The van der Waals surface area contributed by atoms with Crippen LogP contribution in [0.5, 0.6) is 0 Å². The average Bonchev–Trinajstić information content (AvgIpc) is 2.57. The predicted molar refractivity (Wildman–Crippen MR) is 98.9 cm³/mol. The van der Waals surface area contributed by atoms with Crippen molar-refractivity contribution < 1.29 is 4.79 Å². The molecule has 1 amide bonds. The third-order valence-electron chi connectivity index (χ3n) is 4.44. The molecule has 25 heavy (non-hydrogen) atoms. The molecule has 1 aliphatic carbocycles. The van der Waals surface area contributed by atoms with Crippen LogP contribution in [0.25, 0.3) is 0 Å². The molecular formula is C18H24N6O. The van der Waals surface area contributed by atoms with E-state index in [0.29, 0.717) is 17.8 Å². The number of nitrogens with one attached hydrogen (secondary N) is 2. The first kappa shape index (κ1) is 17.2. The van der Waals surface area contributed by atoms with E-state index in [4.69, 9.17) is 11.5 Å². The number of benzene rings is 1. The lowest BCUT2D eigenvalue weighted by molar-refractivity contribution is 0.100. The van der Waals surface area contributed by atoms with Gasteiger partial charge in [0, 0.05) is 24.0 Å². The van der Waals surface area contributed by atoms with Crippen molar-refractivity contribution in [3.63, 3.8) is 0 Å². The predicted octanol–water partition coefficient (Wildman–Crippen LogP) is 2.31. The van der Waals surface area contributed by atoms with Crippen LogP contribution in [-0.4, -0.2) is 28.0 Å². The normalized spacial score (nSPS) is 20.1. The molecule has 0 bridgehead atoms. The van der Waals surface area contributed by atoms with Crippen molar-refractivity contribution in [2.75, 3.05) is 10.6 Å². The van der Waals surface area contributed by atoms with Gasteiger partial charge >= 0.3 is 0 Å². The Morgan fingerprint density at radius 1 is 1.24 bits per heavy atom. The number of anilines is 3. The topological polar surface area (TPSA) is 119 Å². The molecule has 1 saturated carbocycles. The Bertz CT molecular complexity index is 755. The van der Waals surface area contributed by atoms with Gasteiger partial charge in [0.15, 0.2) is 0 Å². The molecule has 7 nitrogen and oxygen atoms in total. The lowest BCUT2D eigenvalue weighted by atomic mass is 9.92. The molecule has 1 aromatic heterocycles. The molecule has 132 valence electrons. The number of primary amides is 1. The molecule has 0 atom stereocenters. The van der Waals surface area contributed by atoms with Gasteiger partial charge in [0.1, 0.15) is 11.4 Å². The zero-order chi connectivity index (χ0) is 17.8. The Kier molecular flexibility index (Phi) is 5.14. The summed E-state index contributed by atoms with van der Waals surface area (Å²) in [4.78, 5) is 20.4. The van der Waals surface area contributed by atoms with E-state index in [0.717, 1.165) is 36.9 Å². The molecule has 1 aromatic carbocycles. The molecule has 1 heterocycles. The van der Waals surface area contributed by atoms with Gasteiger partial charge in [-0.2, -0.15) is 4.98 Å². The molecule has 6 N–H and O–H groups in total. The first-order valence-corrected chi connectivity index (χ1v) is 8.54. The third kappa shape index (κ3) is 4.45. The minimum absolute atomic E-state index is 0.262. The summed E-state index contributed by atoms with van der Waals surface area (Å²) in [6.07, 6.45) is 5.42. The largest absolute Gasteiger partial charge is 0.365 e. The third-order valence-corrected chi connectivity index (χ3v) is 4.44. The fourth-order valence-electron chi connectivity index (χ4n) is 3.03. The zero-order valence-corrected chi connectivity index (χ0v) is 14.3. The van der Waals surface area contributed by atoms with Crippen LogP contribution >= 0.6 is 0 Å². The van der Waals surface area contributed by atoms with Crippen LogP contribution in [0.3, 0.4) is 0 Å². The van der Waals surface area contributed by atoms with E-state index in [-0.39, 0.29) is 11.6 Å². The van der Waals surface area contributed by atoms with E-state index in [1.165, 1.54) is 6.20 Å². The van der Waals surface area contributed by atoms with Gasteiger partial charge in [0.2, 0.25) is 5.95 Å². The molecule has 1 aliphatic rings. The van der Waals surface area contributed by atoms with Crippen molar-refractivity contribution in [3.05, 3.63) is 41.6 Å². The van der Waals surface area contributed by atoms with E-state index in [1.807, 2.05) is 31.2 Å². The van der Waals surface area contributed by atoms with Crippen LogP contribution in [0.15, 0.2) is 30.5 Å². The maximum atomic E-state index is 11.7. The Balaban J connectivity index is 1.80. The van der Waals surface area contributed by atoms with E-state index in [9.17, 15) is 4.79 Å². The number of hydrogen-bond donors (Lipinski definition) is 4. The summed E-state index contributed by atoms with van der Waals surface area (Å²) in [6.45, 7) is 2.00. The highest BCUT2D eigenvalue weighted by molar-refractivity contribution is 5.98. The number of rotatable bonds is 5. The summed E-state index contributed by atoms with van der Waals surface area (Å²) < 4.78 is 0. The Morgan fingerprint density at radius 2 is 2.00 bits per heavy atom. The van der Waals surface area contributed by atoms with Crippen LogP contribution in [0, 0.1) is 6.92 Å². The fraction of sp³-hybridized carbons (Fsp3) is 0.389. The number of nitrogens with two attached hydrogens (primary N) is 2. The van der Waals surface area contributed by atoms with Gasteiger partial charge in [-0.05, 0) is 50.3 Å². The molecule has 1 fully saturated rings. The van der Waals surface area contributed by atoms with E-state index >= 15 is 0 Å². The van der Waals surface area contributed by atoms with Gasteiger partial charge in [0.05, 0.1) is 0 Å². The highest BCUT2D eigenvalue weighted by atomic mass is 16.1. The van der Waals surface area contributed by atoms with Crippen molar-refractivity contribution >= 4 is 23.4 Å². The van der Waals surface area contributed by atoms with Gasteiger partial charge < -0.3 is 22.1 Å². The minimum atomic E-state index is -0.564. The Labute approximate surface area is 147 Å². The second kappa shape index (κ2) is 7.48. The van der Waals surface area contributed by atoms with Crippen LogP contribution in [0.1, 0.15) is 41.6 Å². The first-order chi connectivity index (χ1) is 12.0. The van der Waals surface area contributed by atoms with Crippen LogP contribution in [0.2, 0.25) is 0 Å². The quantitative estimate of drug-likeness (QED) is 0.663. The van der Waals surface area contributed by atoms with E-state index in [2.05, 4.69) is 20.6 Å². The van der Waals surface area contributed by atoms with Crippen molar-refractivity contribution in [2.45, 2.75) is 44.7 Å². The second-order valence-electron chi connectivity index (χ2n) is 6.57. The van der Waals surface area contributed by atoms with Crippen molar-refractivity contribution in [1.29, 1.82) is 0 Å². The van der Waals surface area contributed by atoms with Crippen LogP contribution in [-0.2, 0) is 0 Å². The van der Waals surface area contributed by atoms with Gasteiger partial charge in [-0.25, -0.2) is 4.98 Å². The van der Waals surface area contributed by atoms with Gasteiger partial charge in [0.25, 0.3) is 5.91 Å². The molecule has 3 rings (SSSR count). The summed E-state index contributed by atoms with van der Waals surface area (Å²) in [5.41, 5.74) is 13.6. The summed E-state index contributed by atoms with van der Waals surface area (Å²) in [5.74, 6) is 0.328. The maximum Gasteiger partial charge on any atom is 0.254 e. The zero-order valence-electron chi connectivity index (χ0n) is 14.3. The highest BCUT2D eigenvalue weighted by Gasteiger charge is 2.20. The van der Waals surface area contributed by atoms with Crippen LogP contribution in [0.4, 0.5) is 17.5 Å². The standard InChI is InChI=1S/C18H24N6O/c1-11-3-2-4-14(9-11)22-17-15(16(20)25)10-21-18(24-17)23-13-7-5-12(19)6-8-13/h2-4,9-10,12-13H,5-8,19H2,1H3,(H2,20,25)(H2,21,22,23,24)/t12-,13-. The smallest absolute Gasteiger partial charge is 0.254 e. The van der Waals surface area contributed by atoms with Gasteiger partial charge in [-0.3, -0.25) is 4.79 Å². The summed E-state index contributed by atoms with van der Waals surface area (Å²) in [5, 5.41) is 6.50. The van der Waals surface area contributed by atoms with Crippen molar-refractivity contribution in [3.8, 4) is 0 Å². The molecule has 0 radical (unpaired) electrons. The molecule has 7 heteroatoms. The molecule has 0 spiro atoms. The molecular weight excluding hydrogens is 316 g/mol.